The van der Waals surface area contributed by atoms with Gasteiger partial charge in [-0.15, -0.1) is 0 Å². The van der Waals surface area contributed by atoms with Crippen LogP contribution in [0, 0.1) is 6.92 Å². The Labute approximate surface area is 196 Å². The van der Waals surface area contributed by atoms with E-state index < -0.39 is 0 Å². The molecular weight excluding hydrogens is 408 g/mol. The molecule has 1 aromatic heterocycles. The first-order valence-corrected chi connectivity index (χ1v) is 12.0. The fourth-order valence-corrected chi connectivity index (χ4v) is 5.36. The van der Waals surface area contributed by atoms with Gasteiger partial charge in [0, 0.05) is 44.6 Å². The summed E-state index contributed by atoms with van der Waals surface area (Å²) in [7, 11) is 0. The lowest BCUT2D eigenvalue weighted by molar-refractivity contribution is 0.0998. The molecule has 5 nitrogen and oxygen atoms in total. The number of hydrogen-bond donors (Lipinski definition) is 1. The van der Waals surface area contributed by atoms with Crippen LogP contribution in [-0.4, -0.2) is 46.5 Å². The molecule has 1 unspecified atom stereocenters. The number of benzene rings is 2. The zero-order valence-electron chi connectivity index (χ0n) is 19.3. The second kappa shape index (κ2) is 9.75. The Morgan fingerprint density at radius 1 is 1.00 bits per heavy atom. The number of hydrogen-bond acceptors (Lipinski definition) is 3. The maximum atomic E-state index is 13.5. The van der Waals surface area contributed by atoms with Gasteiger partial charge in [-0.25, -0.2) is 4.79 Å². The van der Waals surface area contributed by atoms with Gasteiger partial charge in [-0.05, 0) is 54.0 Å². The van der Waals surface area contributed by atoms with Gasteiger partial charge < -0.3 is 10.2 Å². The van der Waals surface area contributed by atoms with E-state index in [4.69, 9.17) is 0 Å². The summed E-state index contributed by atoms with van der Waals surface area (Å²) >= 11 is 0. The molecule has 1 fully saturated rings. The van der Waals surface area contributed by atoms with E-state index in [-0.39, 0.29) is 18.1 Å². The van der Waals surface area contributed by atoms with Crippen LogP contribution in [0.4, 0.5) is 4.79 Å². The zero-order valence-corrected chi connectivity index (χ0v) is 19.3. The van der Waals surface area contributed by atoms with E-state index >= 15 is 0 Å². The van der Waals surface area contributed by atoms with Crippen molar-refractivity contribution in [3.63, 3.8) is 0 Å². The van der Waals surface area contributed by atoms with E-state index in [0.717, 1.165) is 38.9 Å². The fourth-order valence-electron chi connectivity index (χ4n) is 5.36. The van der Waals surface area contributed by atoms with Gasteiger partial charge in [0.25, 0.3) is 0 Å². The molecule has 0 spiro atoms. The highest BCUT2D eigenvalue weighted by atomic mass is 16.2. The summed E-state index contributed by atoms with van der Waals surface area (Å²) in [6.07, 6.45) is 6.67. The van der Waals surface area contributed by atoms with E-state index in [9.17, 15) is 4.79 Å². The topological polar surface area (TPSA) is 48.5 Å². The number of rotatable bonds is 4. The summed E-state index contributed by atoms with van der Waals surface area (Å²) in [5.41, 5.74) is 6.21. The molecule has 2 amide bonds. The molecule has 0 bridgehead atoms. The van der Waals surface area contributed by atoms with E-state index in [0.29, 0.717) is 6.54 Å². The van der Waals surface area contributed by atoms with Gasteiger partial charge in [0.05, 0.1) is 6.04 Å². The first kappa shape index (κ1) is 21.7. The van der Waals surface area contributed by atoms with Crippen molar-refractivity contribution in [2.24, 2.45) is 0 Å². The van der Waals surface area contributed by atoms with E-state index in [1.54, 1.807) is 0 Å². The van der Waals surface area contributed by atoms with Crippen molar-refractivity contribution in [3.8, 4) is 0 Å². The maximum Gasteiger partial charge on any atom is 0.318 e. The van der Waals surface area contributed by atoms with Gasteiger partial charge in [0.1, 0.15) is 0 Å². The van der Waals surface area contributed by atoms with Crippen LogP contribution in [0.15, 0.2) is 73.1 Å². The van der Waals surface area contributed by atoms with Crippen LogP contribution in [-0.2, 0) is 13.0 Å². The SMILES string of the molecule is Cc1cncc(CN2CCC(N3C(=O)NCCc4ccccc4C3c3ccccc3)CC2)c1. The standard InChI is InChI=1S/C28H32N4O/c1-21-17-22(19-29-18-21)20-31-15-12-25(13-16-31)32-27(24-8-3-2-4-9-24)26-10-6-5-7-23(26)11-14-30-28(32)33/h2-10,17-19,25,27H,11-16,20H2,1H3,(H,30,33). The third kappa shape index (κ3) is 4.79. The Morgan fingerprint density at radius 2 is 1.76 bits per heavy atom. The van der Waals surface area contributed by atoms with Crippen LogP contribution >= 0.6 is 0 Å². The zero-order chi connectivity index (χ0) is 22.6. The molecule has 3 aromatic rings. The van der Waals surface area contributed by atoms with Crippen LogP contribution in [0.25, 0.3) is 0 Å². The number of nitrogens with zero attached hydrogens (tertiary/aromatic N) is 3. The van der Waals surface area contributed by atoms with Crippen molar-refractivity contribution >= 4 is 6.03 Å². The maximum absolute atomic E-state index is 13.5. The molecule has 1 N–H and O–H groups in total. The highest BCUT2D eigenvalue weighted by molar-refractivity contribution is 5.76. The van der Waals surface area contributed by atoms with Crippen LogP contribution in [0.5, 0.6) is 0 Å². The molecule has 2 aromatic carbocycles. The molecule has 0 aliphatic carbocycles. The number of aryl methyl sites for hydroxylation is 1. The summed E-state index contributed by atoms with van der Waals surface area (Å²) in [4.78, 5) is 22.4. The molecular formula is C28H32N4O. The summed E-state index contributed by atoms with van der Waals surface area (Å²) in [5, 5.41) is 3.19. The minimum atomic E-state index is -0.0692. The molecule has 0 radical (unpaired) electrons. The number of urea groups is 1. The normalized spacial score (nSPS) is 20.0. The number of aromatic nitrogens is 1. The highest BCUT2D eigenvalue weighted by Crippen LogP contribution is 2.36. The van der Waals surface area contributed by atoms with E-state index in [1.165, 1.54) is 27.8 Å². The number of fused-ring (bicyclic) bond motifs is 1. The monoisotopic (exact) mass is 440 g/mol. The highest BCUT2D eigenvalue weighted by Gasteiger charge is 2.36. The van der Waals surface area contributed by atoms with Gasteiger partial charge in [-0.3, -0.25) is 9.88 Å². The fraction of sp³-hybridized carbons (Fsp3) is 0.357. The van der Waals surface area contributed by atoms with Gasteiger partial charge in [-0.1, -0.05) is 60.7 Å². The lowest BCUT2D eigenvalue weighted by Crippen LogP contribution is -2.53. The average Bonchev–Trinajstić information content (AvgIpc) is 2.83. The summed E-state index contributed by atoms with van der Waals surface area (Å²) in [6.45, 7) is 5.63. The van der Waals surface area contributed by atoms with E-state index in [1.807, 2.05) is 18.5 Å². The van der Waals surface area contributed by atoms with Gasteiger partial charge in [-0.2, -0.15) is 0 Å². The molecule has 1 atom stereocenters. The summed E-state index contributed by atoms with van der Waals surface area (Å²) in [5.74, 6) is 0. The number of amides is 2. The Hall–Kier alpha value is -3.18. The number of carbonyl (C=O) groups excluding carboxylic acids is 1. The molecule has 2 aliphatic rings. The molecule has 0 saturated carbocycles. The smallest absolute Gasteiger partial charge is 0.318 e. The third-order valence-corrected chi connectivity index (χ3v) is 6.94. The first-order chi connectivity index (χ1) is 16.2. The molecule has 170 valence electrons. The Kier molecular flexibility index (Phi) is 6.40. The molecule has 2 aliphatic heterocycles. The molecule has 5 rings (SSSR count). The van der Waals surface area contributed by atoms with Crippen molar-refractivity contribution in [1.82, 2.24) is 20.1 Å². The van der Waals surface area contributed by atoms with Crippen molar-refractivity contribution in [1.29, 1.82) is 0 Å². The predicted molar refractivity (Wildman–Crippen MR) is 131 cm³/mol. The third-order valence-electron chi connectivity index (χ3n) is 6.94. The second-order valence-electron chi connectivity index (χ2n) is 9.28. The predicted octanol–water partition coefficient (Wildman–Crippen LogP) is 4.71. The lowest BCUT2D eigenvalue weighted by Gasteiger charge is -2.44. The van der Waals surface area contributed by atoms with Crippen molar-refractivity contribution in [2.75, 3.05) is 19.6 Å². The minimum absolute atomic E-state index is 0.0553. The van der Waals surface area contributed by atoms with Crippen LogP contribution in [0.1, 0.15) is 46.7 Å². The lowest BCUT2D eigenvalue weighted by atomic mass is 9.89. The number of carbonyl (C=O) groups is 1. The molecule has 33 heavy (non-hydrogen) atoms. The molecule has 3 heterocycles. The largest absolute Gasteiger partial charge is 0.338 e. The number of likely N-dealkylation sites (tertiary alicyclic amines) is 1. The number of pyridine rings is 1. The van der Waals surface area contributed by atoms with Crippen molar-refractivity contribution < 1.29 is 4.79 Å². The first-order valence-electron chi connectivity index (χ1n) is 12.0. The second-order valence-corrected chi connectivity index (χ2v) is 9.28. The van der Waals surface area contributed by atoms with Gasteiger partial charge in [0.2, 0.25) is 0 Å². The minimum Gasteiger partial charge on any atom is -0.338 e. The van der Waals surface area contributed by atoms with Crippen molar-refractivity contribution in [2.45, 2.75) is 44.8 Å². The summed E-state index contributed by atoms with van der Waals surface area (Å²) in [6, 6.07) is 21.5. The van der Waals surface area contributed by atoms with Crippen molar-refractivity contribution in [3.05, 3.63) is 101 Å². The molecule has 1 saturated heterocycles. The average molecular weight is 441 g/mol. The molecule has 5 heteroatoms. The van der Waals surface area contributed by atoms with Gasteiger partial charge in [0.15, 0.2) is 0 Å². The number of piperidine rings is 1. The Bertz CT molecular complexity index is 1090. The van der Waals surface area contributed by atoms with Crippen LogP contribution in [0.3, 0.4) is 0 Å². The summed E-state index contributed by atoms with van der Waals surface area (Å²) < 4.78 is 0. The Balaban J connectivity index is 1.41. The van der Waals surface area contributed by atoms with Crippen LogP contribution < -0.4 is 5.32 Å². The van der Waals surface area contributed by atoms with Gasteiger partial charge >= 0.3 is 6.03 Å². The van der Waals surface area contributed by atoms with Crippen LogP contribution in [0.2, 0.25) is 0 Å². The quantitative estimate of drug-likeness (QED) is 0.639. The number of nitrogens with one attached hydrogen (secondary N) is 1. The van der Waals surface area contributed by atoms with E-state index in [2.05, 4.69) is 81.6 Å². The Morgan fingerprint density at radius 3 is 2.55 bits per heavy atom.